The highest BCUT2D eigenvalue weighted by Crippen LogP contribution is 2.17. The van der Waals surface area contributed by atoms with E-state index >= 15 is 0 Å². The van der Waals surface area contributed by atoms with Crippen molar-refractivity contribution in [2.24, 2.45) is 0 Å². The summed E-state index contributed by atoms with van der Waals surface area (Å²) in [6, 6.07) is 0. The van der Waals surface area contributed by atoms with E-state index < -0.39 is 9.84 Å². The summed E-state index contributed by atoms with van der Waals surface area (Å²) in [7, 11) is -2.94. The zero-order chi connectivity index (χ0) is 19.3. The average Bonchev–Trinajstić information content (AvgIpc) is 2.58. The molecule has 7 nitrogen and oxygen atoms in total. The molecule has 1 fully saturated rings. The lowest BCUT2D eigenvalue weighted by Gasteiger charge is -2.34. The maximum absolute atomic E-state index is 12.5. The van der Waals surface area contributed by atoms with E-state index in [-0.39, 0.29) is 11.7 Å². The number of rotatable bonds is 7. The number of thioether (sulfide) groups is 1. The summed E-state index contributed by atoms with van der Waals surface area (Å²) in [5.74, 6) is 0.312. The number of aromatic nitrogens is 2. The van der Waals surface area contributed by atoms with Crippen LogP contribution in [0.2, 0.25) is 0 Å². The van der Waals surface area contributed by atoms with Crippen LogP contribution < -0.4 is 0 Å². The van der Waals surface area contributed by atoms with Crippen molar-refractivity contribution < 1.29 is 13.2 Å². The minimum absolute atomic E-state index is 0.139. The quantitative estimate of drug-likeness (QED) is 0.497. The van der Waals surface area contributed by atoms with Crippen LogP contribution in [0.5, 0.6) is 0 Å². The van der Waals surface area contributed by atoms with Crippen molar-refractivity contribution in [3.8, 4) is 0 Å². The molecule has 0 bridgehead atoms. The van der Waals surface area contributed by atoms with Crippen molar-refractivity contribution in [3.63, 3.8) is 0 Å². The van der Waals surface area contributed by atoms with Gasteiger partial charge in [0, 0.05) is 56.8 Å². The lowest BCUT2D eigenvalue weighted by Crippen LogP contribution is -2.49. The molecule has 1 aliphatic rings. The topological polar surface area (TPSA) is 83.5 Å². The Kier molecular flexibility index (Phi) is 7.42. The number of carbonyl (C=O) groups is 1. The van der Waals surface area contributed by atoms with E-state index in [4.69, 9.17) is 0 Å². The number of piperazine rings is 1. The zero-order valence-corrected chi connectivity index (χ0v) is 17.6. The van der Waals surface area contributed by atoms with Crippen LogP contribution in [0, 0.1) is 13.8 Å². The van der Waals surface area contributed by atoms with Crippen LogP contribution in [0.15, 0.2) is 5.16 Å². The van der Waals surface area contributed by atoms with Gasteiger partial charge < -0.3 is 4.90 Å². The molecule has 1 aliphatic heterocycles. The fourth-order valence-corrected chi connectivity index (χ4v) is 4.11. The first-order chi connectivity index (χ1) is 12.2. The van der Waals surface area contributed by atoms with E-state index in [1.54, 1.807) is 0 Å². The van der Waals surface area contributed by atoms with E-state index in [0.717, 1.165) is 35.2 Å². The lowest BCUT2D eigenvalue weighted by molar-refractivity contribution is -0.132. The second-order valence-corrected chi connectivity index (χ2v) is 9.75. The summed E-state index contributed by atoms with van der Waals surface area (Å²) >= 11 is 1.52. The third-order valence-electron chi connectivity index (χ3n) is 4.67. The highest BCUT2D eigenvalue weighted by Gasteiger charge is 2.22. The molecule has 146 valence electrons. The van der Waals surface area contributed by atoms with E-state index in [1.165, 1.54) is 18.0 Å². The minimum atomic E-state index is -2.94. The second kappa shape index (κ2) is 9.14. The third kappa shape index (κ3) is 6.21. The largest absolute Gasteiger partial charge is 0.340 e. The van der Waals surface area contributed by atoms with Gasteiger partial charge in [-0.25, -0.2) is 18.4 Å². The molecule has 0 saturated carbocycles. The molecule has 1 aromatic heterocycles. The van der Waals surface area contributed by atoms with Crippen LogP contribution in [-0.2, 0) is 21.1 Å². The molecule has 0 spiro atoms. The van der Waals surface area contributed by atoms with Crippen molar-refractivity contribution in [2.75, 3.05) is 51.0 Å². The molecule has 0 N–H and O–H groups in total. The molecular weight excluding hydrogens is 372 g/mol. The predicted molar refractivity (Wildman–Crippen MR) is 104 cm³/mol. The Balaban J connectivity index is 1.83. The molecule has 1 amide bonds. The smallest absolute Gasteiger partial charge is 0.222 e. The first-order valence-corrected chi connectivity index (χ1v) is 12.0. The lowest BCUT2D eigenvalue weighted by atomic mass is 10.1. The number of carbonyl (C=O) groups excluding carboxylic acids is 1. The molecule has 1 aromatic rings. The number of hydrogen-bond acceptors (Lipinski definition) is 7. The van der Waals surface area contributed by atoms with Gasteiger partial charge in [-0.15, -0.1) is 0 Å². The first-order valence-electron chi connectivity index (χ1n) is 8.75. The third-order valence-corrected chi connectivity index (χ3v) is 6.15. The molecule has 0 unspecified atom stereocenters. The van der Waals surface area contributed by atoms with Crippen molar-refractivity contribution >= 4 is 27.5 Å². The van der Waals surface area contributed by atoms with Crippen molar-refractivity contribution in [3.05, 3.63) is 17.0 Å². The van der Waals surface area contributed by atoms with E-state index in [9.17, 15) is 13.2 Å². The maximum atomic E-state index is 12.5. The van der Waals surface area contributed by atoms with Gasteiger partial charge >= 0.3 is 0 Å². The molecular formula is C17H28N4O3S2. The monoisotopic (exact) mass is 400 g/mol. The van der Waals surface area contributed by atoms with Gasteiger partial charge in [-0.1, -0.05) is 11.8 Å². The van der Waals surface area contributed by atoms with Gasteiger partial charge in [0.1, 0.15) is 9.84 Å². The summed E-state index contributed by atoms with van der Waals surface area (Å²) in [4.78, 5) is 25.4. The molecule has 0 radical (unpaired) electrons. The molecule has 0 aliphatic carbocycles. The standard InChI is InChI=1S/C17H28N4O3S2/c1-13-15(14(2)19-17(18-13)25-3)5-6-16(22)21-9-7-20(8-10-21)11-12-26(4,23)24/h5-12H2,1-4H3. The Morgan fingerprint density at radius 3 is 2.19 bits per heavy atom. The van der Waals surface area contributed by atoms with Crippen LogP contribution in [0.4, 0.5) is 0 Å². The van der Waals surface area contributed by atoms with Gasteiger partial charge in [0.25, 0.3) is 0 Å². The average molecular weight is 401 g/mol. The Hall–Kier alpha value is -1.19. The Morgan fingerprint density at radius 1 is 1.12 bits per heavy atom. The Bertz CT molecular complexity index is 721. The van der Waals surface area contributed by atoms with Crippen LogP contribution in [0.1, 0.15) is 23.4 Å². The number of sulfone groups is 1. The van der Waals surface area contributed by atoms with Crippen LogP contribution in [-0.4, -0.2) is 85.1 Å². The van der Waals surface area contributed by atoms with Crippen LogP contribution in [0.25, 0.3) is 0 Å². The summed E-state index contributed by atoms with van der Waals surface area (Å²) in [6.07, 6.45) is 4.31. The zero-order valence-electron chi connectivity index (χ0n) is 16.0. The molecule has 26 heavy (non-hydrogen) atoms. The highest BCUT2D eigenvalue weighted by molar-refractivity contribution is 7.98. The number of nitrogens with zero attached hydrogens (tertiary/aromatic N) is 4. The summed E-state index contributed by atoms with van der Waals surface area (Å²) < 4.78 is 22.5. The van der Waals surface area contributed by atoms with E-state index in [1.807, 2.05) is 25.0 Å². The minimum Gasteiger partial charge on any atom is -0.340 e. The van der Waals surface area contributed by atoms with Gasteiger partial charge in [0.15, 0.2) is 5.16 Å². The highest BCUT2D eigenvalue weighted by atomic mass is 32.2. The fourth-order valence-electron chi connectivity index (χ4n) is 3.07. The van der Waals surface area contributed by atoms with Gasteiger partial charge in [-0.2, -0.15) is 0 Å². The summed E-state index contributed by atoms with van der Waals surface area (Å²) in [5, 5.41) is 0.764. The Morgan fingerprint density at radius 2 is 1.69 bits per heavy atom. The van der Waals surface area contributed by atoms with E-state index in [0.29, 0.717) is 32.5 Å². The molecule has 2 heterocycles. The second-order valence-electron chi connectivity index (χ2n) is 6.71. The Labute approximate surface area is 160 Å². The molecule has 1 saturated heterocycles. The predicted octanol–water partition coefficient (Wildman–Crippen LogP) is 0.937. The number of aryl methyl sites for hydroxylation is 2. The van der Waals surface area contributed by atoms with Crippen molar-refractivity contribution in [1.29, 1.82) is 0 Å². The van der Waals surface area contributed by atoms with Crippen molar-refractivity contribution in [2.45, 2.75) is 31.8 Å². The molecule has 0 atom stereocenters. The van der Waals surface area contributed by atoms with Crippen LogP contribution in [0.3, 0.4) is 0 Å². The van der Waals surface area contributed by atoms with Gasteiger partial charge in [0.05, 0.1) is 5.75 Å². The molecule has 2 rings (SSSR count). The van der Waals surface area contributed by atoms with E-state index in [2.05, 4.69) is 14.9 Å². The van der Waals surface area contributed by atoms with Gasteiger partial charge in [-0.3, -0.25) is 9.69 Å². The van der Waals surface area contributed by atoms with Crippen LogP contribution >= 0.6 is 11.8 Å². The fraction of sp³-hybridized carbons (Fsp3) is 0.706. The molecule has 0 aromatic carbocycles. The summed E-state index contributed by atoms with van der Waals surface area (Å²) in [5.41, 5.74) is 2.95. The van der Waals surface area contributed by atoms with Gasteiger partial charge in [0.2, 0.25) is 5.91 Å². The summed E-state index contributed by atoms with van der Waals surface area (Å²) in [6.45, 7) is 7.24. The normalized spacial score (nSPS) is 16.1. The first kappa shape index (κ1) is 21.1. The van der Waals surface area contributed by atoms with Gasteiger partial charge in [-0.05, 0) is 32.1 Å². The maximum Gasteiger partial charge on any atom is 0.222 e. The van der Waals surface area contributed by atoms with Crippen molar-refractivity contribution in [1.82, 2.24) is 19.8 Å². The molecule has 9 heteroatoms. The SMILES string of the molecule is CSc1nc(C)c(CCC(=O)N2CCN(CCS(C)(=O)=O)CC2)c(C)n1. The number of amides is 1. The number of hydrogen-bond donors (Lipinski definition) is 0.